The number of benzene rings is 1. The molecule has 1 N–H and O–H groups in total. The lowest BCUT2D eigenvalue weighted by atomic mass is 10.0. The number of aromatic nitrogens is 3. The van der Waals surface area contributed by atoms with Crippen LogP contribution < -0.4 is 5.32 Å². The summed E-state index contributed by atoms with van der Waals surface area (Å²) in [4.78, 5) is 7.16. The molecule has 1 aromatic carbocycles. The van der Waals surface area contributed by atoms with Gasteiger partial charge in [0.2, 0.25) is 0 Å². The molecule has 1 atom stereocenters. The van der Waals surface area contributed by atoms with Gasteiger partial charge >= 0.3 is 0 Å². The van der Waals surface area contributed by atoms with Crippen LogP contribution >= 0.6 is 24.0 Å². The monoisotopic (exact) mass is 520 g/mol. The summed E-state index contributed by atoms with van der Waals surface area (Å²) in [5.41, 5.74) is 3.38. The van der Waals surface area contributed by atoms with Crippen LogP contribution in [0.2, 0.25) is 0 Å². The molecule has 160 valence electrons. The summed E-state index contributed by atoms with van der Waals surface area (Å²) < 4.78 is 8.09. The molecular formula is C22H29IN6O. The minimum absolute atomic E-state index is 0. The van der Waals surface area contributed by atoms with Gasteiger partial charge in [0, 0.05) is 32.3 Å². The van der Waals surface area contributed by atoms with Crippen LogP contribution in [0.4, 0.5) is 0 Å². The predicted molar refractivity (Wildman–Crippen MR) is 130 cm³/mol. The van der Waals surface area contributed by atoms with E-state index in [-0.39, 0.29) is 30.1 Å². The number of halogens is 1. The first-order valence-corrected chi connectivity index (χ1v) is 10.3. The van der Waals surface area contributed by atoms with Gasteiger partial charge < -0.3 is 15.0 Å². The molecule has 7 nitrogen and oxygen atoms in total. The second-order valence-electron chi connectivity index (χ2n) is 7.19. The number of nitrogens with one attached hydrogen (secondary N) is 1. The first-order chi connectivity index (χ1) is 14.3. The number of hydrogen-bond donors (Lipinski definition) is 1. The lowest BCUT2D eigenvalue weighted by Gasteiger charge is -2.35. The Hall–Kier alpha value is -2.20. The Kier molecular flexibility index (Phi) is 8.03. The Balaban J connectivity index is 0.00000256. The molecule has 1 fully saturated rings. The van der Waals surface area contributed by atoms with Gasteiger partial charge in [0.1, 0.15) is 11.9 Å². The van der Waals surface area contributed by atoms with Gasteiger partial charge in [-0.3, -0.25) is 9.39 Å². The highest BCUT2D eigenvalue weighted by atomic mass is 127. The van der Waals surface area contributed by atoms with Crippen LogP contribution in [0.1, 0.15) is 30.0 Å². The second kappa shape index (κ2) is 10.7. The van der Waals surface area contributed by atoms with Crippen LogP contribution in [-0.2, 0) is 11.2 Å². The topological polar surface area (TPSA) is 67.0 Å². The number of pyridine rings is 1. The zero-order valence-corrected chi connectivity index (χ0v) is 19.8. The van der Waals surface area contributed by atoms with E-state index in [2.05, 4.69) is 58.5 Å². The van der Waals surface area contributed by atoms with Crippen molar-refractivity contribution >= 4 is 35.6 Å². The third-order valence-corrected chi connectivity index (χ3v) is 5.22. The highest BCUT2D eigenvalue weighted by Crippen LogP contribution is 2.25. The molecule has 4 rings (SSSR count). The molecule has 1 aliphatic heterocycles. The molecule has 2 aromatic heterocycles. The van der Waals surface area contributed by atoms with Gasteiger partial charge in [0.05, 0.1) is 13.2 Å². The van der Waals surface area contributed by atoms with E-state index in [1.165, 1.54) is 11.1 Å². The summed E-state index contributed by atoms with van der Waals surface area (Å²) in [6, 6.07) is 14.4. The summed E-state index contributed by atoms with van der Waals surface area (Å²) in [5, 5.41) is 12.0. The molecular weight excluding hydrogens is 491 g/mol. The summed E-state index contributed by atoms with van der Waals surface area (Å²) in [6.07, 6.45) is 2.80. The Morgan fingerprint density at radius 2 is 2.03 bits per heavy atom. The highest BCUT2D eigenvalue weighted by molar-refractivity contribution is 14.0. The van der Waals surface area contributed by atoms with Gasteiger partial charge in [0.15, 0.2) is 11.6 Å². The summed E-state index contributed by atoms with van der Waals surface area (Å²) in [6.45, 7) is 8.05. The van der Waals surface area contributed by atoms with Crippen molar-refractivity contribution in [2.24, 2.45) is 4.99 Å². The normalized spacial score (nSPS) is 17.1. The van der Waals surface area contributed by atoms with Crippen molar-refractivity contribution in [2.75, 3.05) is 32.8 Å². The van der Waals surface area contributed by atoms with Gasteiger partial charge in [0.25, 0.3) is 0 Å². The Labute approximate surface area is 194 Å². The van der Waals surface area contributed by atoms with Crippen molar-refractivity contribution in [3.8, 4) is 0 Å². The van der Waals surface area contributed by atoms with Gasteiger partial charge in [-0.05, 0) is 37.1 Å². The standard InChI is InChI=1S/C22H28N6O.HI/c1-3-23-22(24-12-11-21-26-25-20-10-6-7-13-28(20)21)27-14-15-29-19(16-27)18-9-5-4-8-17(18)2;/h4-10,13,19H,3,11-12,14-16H2,1-2H3,(H,23,24);1H. The van der Waals surface area contributed by atoms with Gasteiger partial charge in [-0.2, -0.15) is 0 Å². The molecule has 1 saturated heterocycles. The molecule has 1 unspecified atom stereocenters. The average molecular weight is 520 g/mol. The van der Waals surface area contributed by atoms with Crippen molar-refractivity contribution in [3.63, 3.8) is 0 Å². The SMILES string of the molecule is CCNC(=NCCc1nnc2ccccn12)N1CCOC(c2ccccc2C)C1.I. The fourth-order valence-corrected chi connectivity index (χ4v) is 3.73. The number of rotatable bonds is 5. The van der Waals surface area contributed by atoms with Crippen LogP contribution in [0.5, 0.6) is 0 Å². The average Bonchev–Trinajstić information content (AvgIpc) is 3.17. The van der Waals surface area contributed by atoms with Gasteiger partial charge in [-0.15, -0.1) is 34.2 Å². The maximum Gasteiger partial charge on any atom is 0.194 e. The minimum atomic E-state index is 0. The number of hydrogen-bond acceptors (Lipinski definition) is 4. The zero-order chi connectivity index (χ0) is 20.1. The van der Waals surface area contributed by atoms with Crippen molar-refractivity contribution in [2.45, 2.75) is 26.4 Å². The van der Waals surface area contributed by atoms with E-state index < -0.39 is 0 Å². The molecule has 30 heavy (non-hydrogen) atoms. The van der Waals surface area contributed by atoms with E-state index in [1.807, 2.05) is 28.8 Å². The molecule has 0 amide bonds. The quantitative estimate of drug-likeness (QED) is 0.318. The number of morpholine rings is 1. The maximum absolute atomic E-state index is 6.07. The second-order valence-corrected chi connectivity index (χ2v) is 7.19. The Bertz CT molecular complexity index is 988. The summed E-state index contributed by atoms with van der Waals surface area (Å²) in [5.74, 6) is 1.86. The van der Waals surface area contributed by atoms with E-state index in [0.29, 0.717) is 13.2 Å². The first-order valence-electron chi connectivity index (χ1n) is 10.3. The molecule has 0 aliphatic carbocycles. The lowest BCUT2D eigenvalue weighted by molar-refractivity contribution is -0.00832. The van der Waals surface area contributed by atoms with E-state index in [0.717, 1.165) is 43.5 Å². The van der Waals surface area contributed by atoms with Crippen LogP contribution in [0.15, 0.2) is 53.7 Å². The predicted octanol–water partition coefficient (Wildman–Crippen LogP) is 3.24. The fourth-order valence-electron chi connectivity index (χ4n) is 3.73. The van der Waals surface area contributed by atoms with Crippen LogP contribution in [0, 0.1) is 6.92 Å². The molecule has 1 aliphatic rings. The molecule has 0 bridgehead atoms. The highest BCUT2D eigenvalue weighted by Gasteiger charge is 2.25. The molecule has 8 heteroatoms. The Morgan fingerprint density at radius 1 is 1.20 bits per heavy atom. The number of aryl methyl sites for hydroxylation is 1. The van der Waals surface area contributed by atoms with Crippen LogP contribution in [-0.4, -0.2) is 58.2 Å². The summed E-state index contributed by atoms with van der Waals surface area (Å²) >= 11 is 0. The molecule has 3 heterocycles. The van der Waals surface area contributed by atoms with Crippen molar-refractivity contribution in [1.29, 1.82) is 0 Å². The maximum atomic E-state index is 6.07. The number of fused-ring (bicyclic) bond motifs is 1. The lowest BCUT2D eigenvalue weighted by Crippen LogP contribution is -2.48. The fraction of sp³-hybridized carbons (Fsp3) is 0.409. The van der Waals surface area contributed by atoms with Crippen LogP contribution in [0.25, 0.3) is 5.65 Å². The smallest absolute Gasteiger partial charge is 0.194 e. The number of ether oxygens (including phenoxy) is 1. The first kappa shape index (κ1) is 22.5. The molecule has 3 aromatic rings. The number of nitrogens with zero attached hydrogens (tertiary/aromatic N) is 5. The number of guanidine groups is 1. The van der Waals surface area contributed by atoms with E-state index in [9.17, 15) is 0 Å². The van der Waals surface area contributed by atoms with Crippen LogP contribution in [0.3, 0.4) is 0 Å². The van der Waals surface area contributed by atoms with Crippen molar-refractivity contribution in [3.05, 3.63) is 65.6 Å². The molecule has 0 radical (unpaired) electrons. The van der Waals surface area contributed by atoms with Crippen molar-refractivity contribution < 1.29 is 4.74 Å². The zero-order valence-electron chi connectivity index (χ0n) is 17.5. The number of aliphatic imine (C=N–C) groups is 1. The molecule has 0 spiro atoms. The Morgan fingerprint density at radius 3 is 2.87 bits per heavy atom. The third kappa shape index (κ3) is 5.10. The summed E-state index contributed by atoms with van der Waals surface area (Å²) in [7, 11) is 0. The van der Waals surface area contributed by atoms with E-state index >= 15 is 0 Å². The van der Waals surface area contributed by atoms with Crippen molar-refractivity contribution in [1.82, 2.24) is 24.8 Å². The molecule has 0 saturated carbocycles. The van der Waals surface area contributed by atoms with Gasteiger partial charge in [-0.1, -0.05) is 30.3 Å². The van der Waals surface area contributed by atoms with Gasteiger partial charge in [-0.25, -0.2) is 0 Å². The largest absolute Gasteiger partial charge is 0.370 e. The third-order valence-electron chi connectivity index (χ3n) is 5.22. The van der Waals surface area contributed by atoms with E-state index in [4.69, 9.17) is 9.73 Å². The minimum Gasteiger partial charge on any atom is -0.370 e. The van der Waals surface area contributed by atoms with E-state index in [1.54, 1.807) is 0 Å².